The van der Waals surface area contributed by atoms with Gasteiger partial charge in [0.05, 0.1) is 10.6 Å². The lowest BCUT2D eigenvalue weighted by Gasteiger charge is -2.13. The highest BCUT2D eigenvalue weighted by Gasteiger charge is 2.14. The fourth-order valence-corrected chi connectivity index (χ4v) is 2.46. The maximum Gasteiger partial charge on any atom is 0.137 e. The van der Waals surface area contributed by atoms with E-state index in [4.69, 9.17) is 11.6 Å². The molecule has 2 aromatic rings. The van der Waals surface area contributed by atoms with Crippen LogP contribution in [0.2, 0.25) is 5.02 Å². The first kappa shape index (κ1) is 14.4. The fourth-order valence-electron chi connectivity index (χ4n) is 1.80. The maximum atomic E-state index is 13.4. The molecule has 2 aromatic carbocycles. The van der Waals surface area contributed by atoms with E-state index in [9.17, 15) is 13.9 Å². The van der Waals surface area contributed by atoms with Crippen LogP contribution in [0.3, 0.4) is 0 Å². The van der Waals surface area contributed by atoms with Crippen LogP contribution in [-0.4, -0.2) is 5.11 Å². The van der Waals surface area contributed by atoms with Gasteiger partial charge in [0.1, 0.15) is 11.6 Å². The third-order valence-corrected chi connectivity index (χ3v) is 3.82. The molecule has 0 aliphatic heterocycles. The van der Waals surface area contributed by atoms with Gasteiger partial charge < -0.3 is 5.11 Å². The quantitative estimate of drug-likeness (QED) is 0.856. The minimum atomic E-state index is -0.953. The molecule has 0 radical (unpaired) electrons. The van der Waals surface area contributed by atoms with Gasteiger partial charge in [0, 0.05) is 11.4 Å². The van der Waals surface area contributed by atoms with Gasteiger partial charge in [-0.1, -0.05) is 23.7 Å². The van der Waals surface area contributed by atoms with Gasteiger partial charge in [-0.15, -0.1) is 0 Å². The van der Waals surface area contributed by atoms with Crippen molar-refractivity contribution in [2.24, 2.45) is 0 Å². The van der Waals surface area contributed by atoms with Crippen molar-refractivity contribution in [1.82, 2.24) is 0 Å². The van der Waals surface area contributed by atoms with Crippen LogP contribution in [0.5, 0.6) is 0 Å². The van der Waals surface area contributed by atoms with Crippen molar-refractivity contribution in [3.8, 4) is 0 Å². The SMILES string of the molecule is OC(Cc1cccc(F)c1Br)c1cc(F)cc(Cl)c1. The number of aliphatic hydroxyl groups excluding tert-OH is 1. The van der Waals surface area contributed by atoms with Gasteiger partial charge in [0.15, 0.2) is 0 Å². The van der Waals surface area contributed by atoms with Crippen LogP contribution >= 0.6 is 27.5 Å². The predicted molar refractivity (Wildman–Crippen MR) is 74.2 cm³/mol. The average Bonchev–Trinajstić information content (AvgIpc) is 2.33. The molecule has 0 saturated carbocycles. The summed E-state index contributed by atoms with van der Waals surface area (Å²) in [6.45, 7) is 0. The minimum Gasteiger partial charge on any atom is -0.388 e. The van der Waals surface area contributed by atoms with E-state index in [0.717, 1.165) is 6.07 Å². The molecule has 1 nitrogen and oxygen atoms in total. The predicted octanol–water partition coefficient (Wildman–Crippen LogP) is 4.66. The summed E-state index contributed by atoms with van der Waals surface area (Å²) in [5.74, 6) is -0.915. The second-order valence-corrected chi connectivity index (χ2v) is 5.37. The second kappa shape index (κ2) is 5.99. The molecular formula is C14H10BrClF2O. The number of benzene rings is 2. The van der Waals surface area contributed by atoms with Crippen molar-refractivity contribution >= 4 is 27.5 Å². The van der Waals surface area contributed by atoms with E-state index < -0.39 is 17.7 Å². The zero-order valence-electron chi connectivity index (χ0n) is 9.71. The van der Waals surface area contributed by atoms with Crippen LogP contribution in [0.1, 0.15) is 17.2 Å². The molecule has 0 saturated heterocycles. The zero-order chi connectivity index (χ0) is 14.0. The lowest BCUT2D eigenvalue weighted by molar-refractivity contribution is 0.177. The van der Waals surface area contributed by atoms with Gasteiger partial charge in [0.2, 0.25) is 0 Å². The van der Waals surface area contributed by atoms with Crippen molar-refractivity contribution in [2.75, 3.05) is 0 Å². The van der Waals surface area contributed by atoms with Crippen molar-refractivity contribution in [2.45, 2.75) is 12.5 Å². The molecule has 0 heterocycles. The molecular weight excluding hydrogens is 338 g/mol. The molecule has 0 bridgehead atoms. The summed E-state index contributed by atoms with van der Waals surface area (Å²) in [6, 6.07) is 8.43. The summed E-state index contributed by atoms with van der Waals surface area (Å²) in [5, 5.41) is 10.3. The summed E-state index contributed by atoms with van der Waals surface area (Å²) in [5.41, 5.74) is 0.967. The van der Waals surface area contributed by atoms with Crippen LogP contribution in [-0.2, 0) is 6.42 Å². The lowest BCUT2D eigenvalue weighted by atomic mass is 10.0. The summed E-state index contributed by atoms with van der Waals surface area (Å²) in [7, 11) is 0. The van der Waals surface area contributed by atoms with E-state index in [1.165, 1.54) is 18.2 Å². The highest BCUT2D eigenvalue weighted by Crippen LogP contribution is 2.27. The molecule has 2 rings (SSSR count). The molecule has 0 spiro atoms. The van der Waals surface area contributed by atoms with E-state index >= 15 is 0 Å². The zero-order valence-corrected chi connectivity index (χ0v) is 12.0. The first-order valence-corrected chi connectivity index (χ1v) is 6.71. The molecule has 0 aliphatic carbocycles. The third kappa shape index (κ3) is 3.53. The lowest BCUT2D eigenvalue weighted by Crippen LogP contribution is -2.03. The Labute approximate surface area is 123 Å². The van der Waals surface area contributed by atoms with Crippen LogP contribution in [0.15, 0.2) is 40.9 Å². The molecule has 19 heavy (non-hydrogen) atoms. The molecule has 1 N–H and O–H groups in total. The van der Waals surface area contributed by atoms with Crippen molar-refractivity contribution in [3.63, 3.8) is 0 Å². The van der Waals surface area contributed by atoms with E-state index in [1.807, 2.05) is 0 Å². The highest BCUT2D eigenvalue weighted by molar-refractivity contribution is 9.10. The normalized spacial score (nSPS) is 12.5. The van der Waals surface area contributed by atoms with Gasteiger partial charge in [-0.2, -0.15) is 0 Å². The Bertz CT molecular complexity index is 584. The molecule has 0 amide bonds. The standard InChI is InChI=1S/C14H10BrClF2O/c15-14-8(2-1-3-12(14)18)6-13(19)9-4-10(16)7-11(17)5-9/h1-5,7,13,19H,6H2. The maximum absolute atomic E-state index is 13.4. The van der Waals surface area contributed by atoms with Crippen molar-refractivity contribution in [3.05, 3.63) is 68.7 Å². The number of aliphatic hydroxyl groups is 1. The number of rotatable bonds is 3. The number of halogens is 4. The van der Waals surface area contributed by atoms with E-state index in [2.05, 4.69) is 15.9 Å². The first-order valence-electron chi connectivity index (χ1n) is 5.54. The summed E-state index contributed by atoms with van der Waals surface area (Å²) >= 11 is 8.86. The van der Waals surface area contributed by atoms with Crippen LogP contribution in [0.25, 0.3) is 0 Å². The minimum absolute atomic E-state index is 0.165. The smallest absolute Gasteiger partial charge is 0.137 e. The largest absolute Gasteiger partial charge is 0.388 e. The van der Waals surface area contributed by atoms with Crippen molar-refractivity contribution < 1.29 is 13.9 Å². The van der Waals surface area contributed by atoms with Gasteiger partial charge >= 0.3 is 0 Å². The number of hydrogen-bond acceptors (Lipinski definition) is 1. The Kier molecular flexibility index (Phi) is 4.55. The highest BCUT2D eigenvalue weighted by atomic mass is 79.9. The monoisotopic (exact) mass is 346 g/mol. The first-order chi connectivity index (χ1) is 8.97. The van der Waals surface area contributed by atoms with Gasteiger partial charge in [-0.25, -0.2) is 8.78 Å². The molecule has 0 aliphatic rings. The van der Waals surface area contributed by atoms with Crippen LogP contribution < -0.4 is 0 Å². The third-order valence-electron chi connectivity index (χ3n) is 2.71. The molecule has 1 unspecified atom stereocenters. The Hall–Kier alpha value is -0.970. The van der Waals surface area contributed by atoms with Gasteiger partial charge in [0.25, 0.3) is 0 Å². The van der Waals surface area contributed by atoms with Gasteiger partial charge in [-0.3, -0.25) is 0 Å². The van der Waals surface area contributed by atoms with Gasteiger partial charge in [-0.05, 0) is 51.3 Å². The van der Waals surface area contributed by atoms with E-state index in [0.29, 0.717) is 15.6 Å². The molecule has 0 fully saturated rings. The van der Waals surface area contributed by atoms with E-state index in [-0.39, 0.29) is 11.4 Å². The second-order valence-electron chi connectivity index (χ2n) is 4.14. The summed E-state index contributed by atoms with van der Waals surface area (Å²) in [4.78, 5) is 0. The topological polar surface area (TPSA) is 20.2 Å². The van der Waals surface area contributed by atoms with Crippen LogP contribution in [0, 0.1) is 11.6 Å². The molecule has 0 aromatic heterocycles. The molecule has 5 heteroatoms. The Morgan fingerprint density at radius 2 is 1.95 bits per heavy atom. The van der Waals surface area contributed by atoms with Crippen molar-refractivity contribution in [1.29, 1.82) is 0 Å². The Morgan fingerprint density at radius 3 is 2.63 bits per heavy atom. The average molecular weight is 348 g/mol. The summed E-state index contributed by atoms with van der Waals surface area (Å²) < 4.78 is 26.9. The number of hydrogen-bond donors (Lipinski definition) is 1. The fraction of sp³-hybridized carbons (Fsp3) is 0.143. The van der Waals surface area contributed by atoms with E-state index in [1.54, 1.807) is 12.1 Å². The van der Waals surface area contributed by atoms with Crippen LogP contribution in [0.4, 0.5) is 8.78 Å². The Morgan fingerprint density at radius 1 is 1.21 bits per heavy atom. The Balaban J connectivity index is 2.25. The molecule has 1 atom stereocenters. The molecule has 100 valence electrons. The summed E-state index contributed by atoms with van der Waals surface area (Å²) in [6.07, 6.45) is -0.788.